The Morgan fingerprint density at radius 3 is 2.63 bits per heavy atom. The molecule has 0 N–H and O–H groups in total. The van der Waals surface area contributed by atoms with Crippen LogP contribution in [0, 0.1) is 0 Å². The predicted octanol–water partition coefficient (Wildman–Crippen LogP) is -0.731. The SMILES string of the molecule is O=C(Cn1ncc(=O)c2ccccc21)N1CC(S(=O)(=O)N2CCOCC2)C1. The minimum atomic E-state index is -3.41. The number of fused-ring (bicyclic) bond motifs is 1. The second-order valence-electron chi connectivity index (χ2n) is 6.66. The molecular weight excluding hydrogens is 372 g/mol. The number of morpholine rings is 1. The van der Waals surface area contributed by atoms with Crippen LogP contribution in [0.15, 0.2) is 35.3 Å². The second-order valence-corrected chi connectivity index (χ2v) is 8.87. The molecule has 2 aliphatic heterocycles. The fourth-order valence-corrected chi connectivity index (χ4v) is 5.17. The molecule has 2 aromatic rings. The molecule has 2 aliphatic rings. The van der Waals surface area contributed by atoms with Crippen LogP contribution >= 0.6 is 0 Å². The quantitative estimate of drug-likeness (QED) is 0.680. The third-order valence-corrected chi connectivity index (χ3v) is 7.22. The van der Waals surface area contributed by atoms with Gasteiger partial charge in [-0.2, -0.15) is 9.40 Å². The number of sulfonamides is 1. The minimum Gasteiger partial charge on any atom is -0.379 e. The van der Waals surface area contributed by atoms with Crippen LogP contribution in [0.2, 0.25) is 0 Å². The molecule has 9 nitrogen and oxygen atoms in total. The van der Waals surface area contributed by atoms with Crippen molar-refractivity contribution in [1.82, 2.24) is 19.0 Å². The molecule has 2 saturated heterocycles. The highest BCUT2D eigenvalue weighted by Crippen LogP contribution is 2.21. The number of carbonyl (C=O) groups is 1. The number of hydrogen-bond acceptors (Lipinski definition) is 6. The molecule has 3 heterocycles. The van der Waals surface area contributed by atoms with Gasteiger partial charge in [0.1, 0.15) is 11.8 Å². The van der Waals surface area contributed by atoms with Gasteiger partial charge in [-0.3, -0.25) is 14.3 Å². The predicted molar refractivity (Wildman–Crippen MR) is 97.7 cm³/mol. The third-order valence-electron chi connectivity index (χ3n) is 5.00. The summed E-state index contributed by atoms with van der Waals surface area (Å²) < 4.78 is 33.3. The van der Waals surface area contributed by atoms with Gasteiger partial charge in [-0.05, 0) is 12.1 Å². The Labute approximate surface area is 156 Å². The average Bonchev–Trinajstić information content (AvgIpc) is 2.63. The molecule has 1 amide bonds. The Balaban J connectivity index is 1.43. The fraction of sp³-hybridized carbons (Fsp3) is 0.471. The van der Waals surface area contributed by atoms with Gasteiger partial charge < -0.3 is 9.64 Å². The van der Waals surface area contributed by atoms with Crippen molar-refractivity contribution in [3.05, 3.63) is 40.7 Å². The number of ether oxygens (including phenoxy) is 1. The number of benzene rings is 1. The summed E-state index contributed by atoms with van der Waals surface area (Å²) in [4.78, 5) is 25.9. The first-order valence-corrected chi connectivity index (χ1v) is 10.3. The first-order chi connectivity index (χ1) is 13.0. The van der Waals surface area contributed by atoms with E-state index in [0.717, 1.165) is 0 Å². The van der Waals surface area contributed by atoms with Crippen LogP contribution in [0.5, 0.6) is 0 Å². The first-order valence-electron chi connectivity index (χ1n) is 8.76. The van der Waals surface area contributed by atoms with E-state index in [1.54, 1.807) is 24.3 Å². The standard InChI is InChI=1S/C17H20N4O5S/c22-16-9-18-21(15-4-2-1-3-14(15)16)12-17(23)19-10-13(11-19)27(24,25)20-5-7-26-8-6-20/h1-4,9,13H,5-8,10-12H2. The number of amides is 1. The number of rotatable bonds is 4. The summed E-state index contributed by atoms with van der Waals surface area (Å²) in [5, 5.41) is 3.97. The van der Waals surface area contributed by atoms with E-state index in [4.69, 9.17) is 4.74 Å². The Hall–Kier alpha value is -2.30. The van der Waals surface area contributed by atoms with Crippen LogP contribution in [0.1, 0.15) is 0 Å². The van der Waals surface area contributed by atoms with Crippen LogP contribution in [-0.4, -0.2) is 78.0 Å². The highest BCUT2D eigenvalue weighted by Gasteiger charge is 2.43. The highest BCUT2D eigenvalue weighted by atomic mass is 32.2. The summed E-state index contributed by atoms with van der Waals surface area (Å²) in [6, 6.07) is 6.96. The maximum atomic E-state index is 12.6. The lowest BCUT2D eigenvalue weighted by Crippen LogP contribution is -2.61. The van der Waals surface area contributed by atoms with Crippen molar-refractivity contribution in [2.24, 2.45) is 0 Å². The van der Waals surface area contributed by atoms with E-state index in [2.05, 4.69) is 5.10 Å². The van der Waals surface area contributed by atoms with Crippen LogP contribution in [0.25, 0.3) is 10.9 Å². The fourth-order valence-electron chi connectivity index (χ4n) is 3.36. The van der Waals surface area contributed by atoms with Gasteiger partial charge >= 0.3 is 0 Å². The zero-order valence-electron chi connectivity index (χ0n) is 14.7. The monoisotopic (exact) mass is 392 g/mol. The molecule has 27 heavy (non-hydrogen) atoms. The van der Waals surface area contributed by atoms with E-state index >= 15 is 0 Å². The molecule has 0 saturated carbocycles. The number of para-hydroxylation sites is 1. The van der Waals surface area contributed by atoms with Gasteiger partial charge in [-0.15, -0.1) is 0 Å². The van der Waals surface area contributed by atoms with E-state index in [1.807, 2.05) is 0 Å². The minimum absolute atomic E-state index is 0.0366. The number of aromatic nitrogens is 2. The Kier molecular flexibility index (Phi) is 4.70. The molecule has 1 aromatic heterocycles. The highest BCUT2D eigenvalue weighted by molar-refractivity contribution is 7.89. The van der Waals surface area contributed by atoms with E-state index in [-0.39, 0.29) is 31.0 Å². The van der Waals surface area contributed by atoms with Gasteiger partial charge in [0.15, 0.2) is 0 Å². The molecule has 0 spiro atoms. The number of nitrogens with zero attached hydrogens (tertiary/aromatic N) is 4. The van der Waals surface area contributed by atoms with Gasteiger partial charge in [0.25, 0.3) is 0 Å². The van der Waals surface area contributed by atoms with Gasteiger partial charge in [0.2, 0.25) is 21.4 Å². The summed E-state index contributed by atoms with van der Waals surface area (Å²) in [6.45, 7) is 1.85. The molecule has 0 radical (unpaired) electrons. The molecule has 144 valence electrons. The molecule has 0 bridgehead atoms. The van der Waals surface area contributed by atoms with Crippen molar-refractivity contribution in [2.45, 2.75) is 11.8 Å². The van der Waals surface area contributed by atoms with Crippen molar-refractivity contribution >= 4 is 26.8 Å². The zero-order valence-corrected chi connectivity index (χ0v) is 15.5. The van der Waals surface area contributed by atoms with Crippen LogP contribution in [-0.2, 0) is 26.1 Å². The van der Waals surface area contributed by atoms with E-state index in [1.165, 1.54) is 20.1 Å². The summed E-state index contributed by atoms with van der Waals surface area (Å²) >= 11 is 0. The van der Waals surface area contributed by atoms with Crippen molar-refractivity contribution in [3.8, 4) is 0 Å². The van der Waals surface area contributed by atoms with E-state index in [0.29, 0.717) is 37.2 Å². The number of likely N-dealkylation sites (tertiary alicyclic amines) is 1. The molecule has 0 unspecified atom stereocenters. The third kappa shape index (κ3) is 3.35. The van der Waals surface area contributed by atoms with Crippen LogP contribution in [0.3, 0.4) is 0 Å². The van der Waals surface area contributed by atoms with Gasteiger partial charge in [0, 0.05) is 31.6 Å². The van der Waals surface area contributed by atoms with Gasteiger partial charge in [-0.1, -0.05) is 12.1 Å². The largest absolute Gasteiger partial charge is 0.379 e. The lowest BCUT2D eigenvalue weighted by molar-refractivity contribution is -0.135. The van der Waals surface area contributed by atoms with Crippen molar-refractivity contribution in [3.63, 3.8) is 0 Å². The summed E-state index contributed by atoms with van der Waals surface area (Å²) in [5.74, 6) is -0.218. The van der Waals surface area contributed by atoms with E-state index in [9.17, 15) is 18.0 Å². The van der Waals surface area contributed by atoms with E-state index < -0.39 is 15.3 Å². The summed E-state index contributed by atoms with van der Waals surface area (Å²) in [5.41, 5.74) is 0.381. The maximum absolute atomic E-state index is 12.6. The van der Waals surface area contributed by atoms with Crippen molar-refractivity contribution < 1.29 is 17.9 Å². The van der Waals surface area contributed by atoms with Gasteiger partial charge in [-0.25, -0.2) is 8.42 Å². The Morgan fingerprint density at radius 2 is 1.89 bits per heavy atom. The van der Waals surface area contributed by atoms with Crippen LogP contribution < -0.4 is 5.43 Å². The molecular formula is C17H20N4O5S. The molecule has 0 aliphatic carbocycles. The Morgan fingerprint density at radius 1 is 1.19 bits per heavy atom. The topological polar surface area (TPSA) is 102 Å². The zero-order chi connectivity index (χ0) is 19.0. The summed E-state index contributed by atoms with van der Waals surface area (Å²) in [7, 11) is -3.41. The summed E-state index contributed by atoms with van der Waals surface area (Å²) in [6.07, 6.45) is 1.19. The smallest absolute Gasteiger partial charge is 0.244 e. The van der Waals surface area contributed by atoms with Crippen LogP contribution in [0.4, 0.5) is 0 Å². The molecule has 1 aromatic carbocycles. The normalized spacial score (nSPS) is 19.2. The molecule has 0 atom stereocenters. The van der Waals surface area contributed by atoms with Gasteiger partial charge in [0.05, 0.1) is 24.9 Å². The van der Waals surface area contributed by atoms with Crippen molar-refractivity contribution in [2.75, 3.05) is 39.4 Å². The number of carbonyl (C=O) groups excluding carboxylic acids is 1. The lowest BCUT2D eigenvalue weighted by Gasteiger charge is -2.41. The maximum Gasteiger partial charge on any atom is 0.244 e. The van der Waals surface area contributed by atoms with Crippen molar-refractivity contribution in [1.29, 1.82) is 0 Å². The first kappa shape index (κ1) is 18.1. The number of hydrogen-bond donors (Lipinski definition) is 0. The average molecular weight is 392 g/mol. The lowest BCUT2D eigenvalue weighted by atomic mass is 10.2. The Bertz CT molecular complexity index is 1020. The molecule has 10 heteroatoms. The second kappa shape index (κ2) is 7.02. The molecule has 4 rings (SSSR count). The molecule has 2 fully saturated rings.